The van der Waals surface area contributed by atoms with E-state index < -0.39 is 0 Å². The van der Waals surface area contributed by atoms with Crippen LogP contribution >= 0.6 is 0 Å². The number of phenolic OH excluding ortho intramolecular Hbond substituents is 1. The van der Waals surface area contributed by atoms with Crippen molar-refractivity contribution in [2.75, 3.05) is 13.6 Å². The van der Waals surface area contributed by atoms with Gasteiger partial charge in [0.15, 0.2) is 0 Å². The van der Waals surface area contributed by atoms with Gasteiger partial charge in [-0.3, -0.25) is 4.90 Å². The normalized spacial score (nSPS) is 10.8. The lowest BCUT2D eigenvalue weighted by Crippen LogP contribution is -2.17. The van der Waals surface area contributed by atoms with Crippen LogP contribution in [0.15, 0.2) is 24.3 Å². The second-order valence-electron chi connectivity index (χ2n) is 3.94. The molecule has 2 rings (SSSR count). The summed E-state index contributed by atoms with van der Waals surface area (Å²) in [6.07, 6.45) is 5.24. The molecule has 1 heterocycles. The maximum Gasteiger partial charge on any atom is 0.116 e. The topological polar surface area (TPSA) is 39.3 Å². The van der Waals surface area contributed by atoms with Gasteiger partial charge in [0.2, 0.25) is 0 Å². The number of fused-ring (bicyclic) bond motifs is 1. The lowest BCUT2D eigenvalue weighted by molar-refractivity contribution is 0.365. The van der Waals surface area contributed by atoms with Crippen molar-refractivity contribution in [3.63, 3.8) is 0 Å². The molecule has 0 spiro atoms. The summed E-state index contributed by atoms with van der Waals surface area (Å²) in [6, 6.07) is 7.32. The zero-order valence-electron chi connectivity index (χ0n) is 9.20. The van der Waals surface area contributed by atoms with E-state index >= 15 is 0 Å². The van der Waals surface area contributed by atoms with Crippen molar-refractivity contribution < 1.29 is 5.11 Å². The predicted molar refractivity (Wildman–Crippen MR) is 65.1 cm³/mol. The summed E-state index contributed by atoms with van der Waals surface area (Å²) in [6.45, 7) is 1.40. The van der Waals surface area contributed by atoms with Crippen molar-refractivity contribution in [1.29, 1.82) is 0 Å². The summed E-state index contributed by atoms with van der Waals surface area (Å²) in [5.74, 6) is 2.89. The van der Waals surface area contributed by atoms with Gasteiger partial charge in [0, 0.05) is 23.1 Å². The molecule has 0 amide bonds. The average Bonchev–Trinajstić information content (AvgIpc) is 2.59. The van der Waals surface area contributed by atoms with E-state index in [9.17, 15) is 5.11 Å². The summed E-state index contributed by atoms with van der Waals surface area (Å²) in [5, 5.41) is 10.4. The molecule has 2 N–H and O–H groups in total. The van der Waals surface area contributed by atoms with Crippen LogP contribution in [0.25, 0.3) is 10.9 Å². The fourth-order valence-electron chi connectivity index (χ4n) is 1.77. The Morgan fingerprint density at radius 1 is 1.44 bits per heavy atom. The first kappa shape index (κ1) is 10.6. The molecule has 0 bridgehead atoms. The molecule has 0 unspecified atom stereocenters. The number of terminal acetylenes is 1. The molecule has 82 valence electrons. The molecule has 2 aromatic rings. The minimum atomic E-state index is 0.287. The second-order valence-corrected chi connectivity index (χ2v) is 3.94. The van der Waals surface area contributed by atoms with Gasteiger partial charge in [-0.15, -0.1) is 6.42 Å². The number of nitrogens with one attached hydrogen (secondary N) is 1. The van der Waals surface area contributed by atoms with Gasteiger partial charge < -0.3 is 10.1 Å². The highest BCUT2D eigenvalue weighted by Gasteiger charge is 2.03. The molecule has 3 heteroatoms. The predicted octanol–water partition coefficient (Wildman–Crippen LogP) is 1.94. The average molecular weight is 214 g/mol. The van der Waals surface area contributed by atoms with Crippen LogP contribution in [0, 0.1) is 12.3 Å². The molecule has 3 nitrogen and oxygen atoms in total. The molecular weight excluding hydrogens is 200 g/mol. The highest BCUT2D eigenvalue weighted by molar-refractivity contribution is 5.81. The van der Waals surface area contributed by atoms with Gasteiger partial charge in [-0.1, -0.05) is 5.92 Å². The molecule has 16 heavy (non-hydrogen) atoms. The third kappa shape index (κ3) is 2.18. The third-order valence-electron chi connectivity index (χ3n) is 2.46. The molecule has 0 atom stereocenters. The molecule has 0 saturated heterocycles. The molecule has 0 aliphatic heterocycles. The Labute approximate surface area is 94.7 Å². The molecule has 1 aromatic carbocycles. The first-order valence-corrected chi connectivity index (χ1v) is 5.11. The van der Waals surface area contributed by atoms with Gasteiger partial charge in [0.1, 0.15) is 5.75 Å². The Balaban J connectivity index is 2.23. The van der Waals surface area contributed by atoms with Crippen molar-refractivity contribution >= 4 is 10.9 Å². The van der Waals surface area contributed by atoms with E-state index in [1.807, 2.05) is 24.1 Å². The number of aromatic amines is 1. The van der Waals surface area contributed by atoms with Crippen molar-refractivity contribution in [2.24, 2.45) is 0 Å². The van der Waals surface area contributed by atoms with Crippen molar-refractivity contribution in [1.82, 2.24) is 9.88 Å². The van der Waals surface area contributed by atoms with Gasteiger partial charge in [-0.2, -0.15) is 0 Å². The Kier molecular flexibility index (Phi) is 2.84. The van der Waals surface area contributed by atoms with Crippen LogP contribution in [-0.4, -0.2) is 28.6 Å². The van der Waals surface area contributed by atoms with Crippen molar-refractivity contribution in [3.05, 3.63) is 30.0 Å². The molecule has 1 aromatic heterocycles. The summed E-state index contributed by atoms with van der Waals surface area (Å²) in [5.41, 5.74) is 2.13. The molecule has 0 saturated carbocycles. The first-order valence-electron chi connectivity index (χ1n) is 5.11. The lowest BCUT2D eigenvalue weighted by atomic mass is 10.2. The molecule has 0 aliphatic carbocycles. The largest absolute Gasteiger partial charge is 0.508 e. The fraction of sp³-hybridized carbons (Fsp3) is 0.231. The maximum atomic E-state index is 9.35. The Morgan fingerprint density at radius 2 is 2.25 bits per heavy atom. The van der Waals surface area contributed by atoms with Crippen LogP contribution < -0.4 is 0 Å². The van der Waals surface area contributed by atoms with Crippen molar-refractivity contribution in [2.45, 2.75) is 6.54 Å². The van der Waals surface area contributed by atoms with Gasteiger partial charge in [0.25, 0.3) is 0 Å². The van der Waals surface area contributed by atoms with E-state index in [-0.39, 0.29) is 5.75 Å². The number of H-pyrrole nitrogens is 1. The number of hydrogen-bond acceptors (Lipinski definition) is 2. The number of nitrogens with zero attached hydrogens (tertiary/aromatic N) is 1. The first-order chi connectivity index (χ1) is 7.69. The second kappa shape index (κ2) is 4.30. The Hall–Kier alpha value is -1.92. The number of phenols is 1. The van der Waals surface area contributed by atoms with Crippen LogP contribution in [0.5, 0.6) is 5.75 Å². The smallest absolute Gasteiger partial charge is 0.116 e. The fourth-order valence-corrected chi connectivity index (χ4v) is 1.77. The van der Waals surface area contributed by atoms with E-state index in [0.717, 1.165) is 23.1 Å². The molecule has 0 aliphatic rings. The highest BCUT2D eigenvalue weighted by atomic mass is 16.3. The summed E-state index contributed by atoms with van der Waals surface area (Å²) in [7, 11) is 1.98. The summed E-state index contributed by atoms with van der Waals surface area (Å²) in [4.78, 5) is 5.34. The standard InChI is InChI=1S/C13H14N2O/c1-3-6-15(2)9-11-7-10-8-12(16)4-5-13(10)14-11/h1,4-5,7-8,14,16H,6,9H2,2H3. The number of aromatic hydroxyl groups is 1. The van der Waals surface area contributed by atoms with E-state index in [2.05, 4.69) is 10.9 Å². The zero-order chi connectivity index (χ0) is 11.5. The third-order valence-corrected chi connectivity index (χ3v) is 2.46. The van der Waals surface area contributed by atoms with Crippen LogP contribution in [0.3, 0.4) is 0 Å². The summed E-state index contributed by atoms with van der Waals surface area (Å²) < 4.78 is 0. The molecule has 0 fully saturated rings. The number of aromatic nitrogens is 1. The maximum absolute atomic E-state index is 9.35. The zero-order valence-corrected chi connectivity index (χ0v) is 9.20. The van der Waals surface area contributed by atoms with Gasteiger partial charge >= 0.3 is 0 Å². The Morgan fingerprint density at radius 3 is 3.00 bits per heavy atom. The minimum Gasteiger partial charge on any atom is -0.508 e. The SMILES string of the molecule is C#CCN(C)Cc1cc2cc(O)ccc2[nH]1. The monoisotopic (exact) mass is 214 g/mol. The van der Waals surface area contributed by atoms with E-state index in [1.165, 1.54) is 0 Å². The number of hydrogen-bond donors (Lipinski definition) is 2. The Bertz CT molecular complexity index is 536. The van der Waals surface area contributed by atoms with Crippen LogP contribution in [0.4, 0.5) is 0 Å². The van der Waals surface area contributed by atoms with Gasteiger partial charge in [-0.25, -0.2) is 0 Å². The van der Waals surface area contributed by atoms with E-state index in [4.69, 9.17) is 6.42 Å². The van der Waals surface area contributed by atoms with Crippen LogP contribution in [0.1, 0.15) is 5.69 Å². The lowest BCUT2D eigenvalue weighted by Gasteiger charge is -2.10. The van der Waals surface area contributed by atoms with Crippen LogP contribution in [0.2, 0.25) is 0 Å². The van der Waals surface area contributed by atoms with E-state index in [1.54, 1.807) is 12.1 Å². The molecular formula is C13H14N2O. The minimum absolute atomic E-state index is 0.287. The highest BCUT2D eigenvalue weighted by Crippen LogP contribution is 2.20. The molecule has 0 radical (unpaired) electrons. The summed E-state index contributed by atoms with van der Waals surface area (Å²) >= 11 is 0. The van der Waals surface area contributed by atoms with Crippen molar-refractivity contribution in [3.8, 4) is 18.1 Å². The number of benzene rings is 1. The van der Waals surface area contributed by atoms with Crippen LogP contribution in [-0.2, 0) is 6.54 Å². The number of rotatable bonds is 3. The van der Waals surface area contributed by atoms with E-state index in [0.29, 0.717) is 6.54 Å². The van der Waals surface area contributed by atoms with Gasteiger partial charge in [0.05, 0.1) is 6.54 Å². The van der Waals surface area contributed by atoms with Gasteiger partial charge in [-0.05, 0) is 31.3 Å². The quantitative estimate of drug-likeness (QED) is 0.766.